The summed E-state index contributed by atoms with van der Waals surface area (Å²) in [6.45, 7) is 3.86. The highest BCUT2D eigenvalue weighted by Gasteiger charge is 2.09. The van der Waals surface area contributed by atoms with Crippen LogP contribution in [0.15, 0.2) is 42.5 Å². The molecular weight excluding hydrogens is 239 g/mol. The van der Waals surface area contributed by atoms with Gasteiger partial charge in [0.1, 0.15) is 5.82 Å². The highest BCUT2D eigenvalue weighted by atomic mass is 19.1. The summed E-state index contributed by atoms with van der Waals surface area (Å²) >= 11 is 0. The first kappa shape index (κ1) is 13.1. The number of nitrogens with zero attached hydrogens (tertiary/aromatic N) is 1. The number of benzene rings is 2. The molecule has 3 heteroatoms. The van der Waals surface area contributed by atoms with E-state index in [1.165, 1.54) is 6.07 Å². The van der Waals surface area contributed by atoms with Gasteiger partial charge in [0.05, 0.1) is 17.3 Å². The van der Waals surface area contributed by atoms with Crippen molar-refractivity contribution >= 4 is 5.69 Å². The van der Waals surface area contributed by atoms with E-state index in [2.05, 4.69) is 11.4 Å². The summed E-state index contributed by atoms with van der Waals surface area (Å²) in [5.41, 5.74) is 3.05. The zero-order valence-corrected chi connectivity index (χ0v) is 10.9. The minimum absolute atomic E-state index is 0.0652. The molecule has 0 bridgehead atoms. The molecule has 0 aromatic heterocycles. The summed E-state index contributed by atoms with van der Waals surface area (Å²) in [5, 5.41) is 12.0. The van der Waals surface area contributed by atoms with E-state index in [0.29, 0.717) is 11.3 Å². The largest absolute Gasteiger partial charge is 0.376 e. The molecule has 2 rings (SSSR count). The second-order valence-electron chi connectivity index (χ2n) is 4.59. The van der Waals surface area contributed by atoms with Crippen LogP contribution in [0.3, 0.4) is 0 Å². The molecule has 0 radical (unpaired) electrons. The van der Waals surface area contributed by atoms with Crippen molar-refractivity contribution in [2.24, 2.45) is 0 Å². The minimum Gasteiger partial charge on any atom is -0.376 e. The number of nitrogens with one attached hydrogen (secondary N) is 1. The normalized spacial score (nSPS) is 11.7. The van der Waals surface area contributed by atoms with E-state index < -0.39 is 0 Å². The van der Waals surface area contributed by atoms with Crippen LogP contribution in [0, 0.1) is 24.1 Å². The second kappa shape index (κ2) is 5.53. The molecule has 1 atom stereocenters. The average Bonchev–Trinajstić information content (AvgIpc) is 2.43. The van der Waals surface area contributed by atoms with Crippen LogP contribution in [0.25, 0.3) is 0 Å². The third kappa shape index (κ3) is 3.11. The van der Waals surface area contributed by atoms with Crippen molar-refractivity contribution in [3.63, 3.8) is 0 Å². The number of hydrogen-bond donors (Lipinski definition) is 1. The summed E-state index contributed by atoms with van der Waals surface area (Å²) in [6.07, 6.45) is 0. The van der Waals surface area contributed by atoms with Crippen LogP contribution < -0.4 is 5.32 Å². The Kier molecular flexibility index (Phi) is 3.82. The van der Waals surface area contributed by atoms with E-state index in [0.717, 1.165) is 11.1 Å². The first-order valence-corrected chi connectivity index (χ1v) is 6.13. The minimum atomic E-state index is -0.270. The van der Waals surface area contributed by atoms with Crippen LogP contribution in [0.5, 0.6) is 0 Å². The van der Waals surface area contributed by atoms with Gasteiger partial charge in [-0.25, -0.2) is 4.39 Å². The molecule has 2 aromatic carbocycles. The molecule has 1 N–H and O–H groups in total. The maximum atomic E-state index is 13.7. The maximum Gasteiger partial charge on any atom is 0.146 e. The van der Waals surface area contributed by atoms with Gasteiger partial charge < -0.3 is 5.32 Å². The van der Waals surface area contributed by atoms with Gasteiger partial charge in [-0.2, -0.15) is 5.26 Å². The van der Waals surface area contributed by atoms with Crippen molar-refractivity contribution < 1.29 is 4.39 Å². The van der Waals surface area contributed by atoms with Crippen LogP contribution in [0.2, 0.25) is 0 Å². The number of nitriles is 1. The Balaban J connectivity index is 2.23. The molecule has 0 amide bonds. The molecule has 2 aromatic rings. The zero-order chi connectivity index (χ0) is 13.8. The van der Waals surface area contributed by atoms with E-state index in [4.69, 9.17) is 5.26 Å². The summed E-state index contributed by atoms with van der Waals surface area (Å²) < 4.78 is 13.7. The first-order valence-electron chi connectivity index (χ1n) is 6.13. The molecule has 0 heterocycles. The first-order chi connectivity index (χ1) is 9.10. The van der Waals surface area contributed by atoms with Crippen LogP contribution in [-0.2, 0) is 0 Å². The summed E-state index contributed by atoms with van der Waals surface area (Å²) in [4.78, 5) is 0. The van der Waals surface area contributed by atoms with Crippen molar-refractivity contribution in [3.8, 4) is 6.07 Å². The highest BCUT2D eigenvalue weighted by Crippen LogP contribution is 2.23. The van der Waals surface area contributed by atoms with E-state index in [-0.39, 0.29) is 11.9 Å². The van der Waals surface area contributed by atoms with Gasteiger partial charge in [0, 0.05) is 6.04 Å². The molecular formula is C16H15FN2. The number of aryl methyl sites for hydroxylation is 1. The molecule has 0 aliphatic heterocycles. The fraction of sp³-hybridized carbons (Fsp3) is 0.188. The average molecular weight is 254 g/mol. The van der Waals surface area contributed by atoms with Gasteiger partial charge in [-0.3, -0.25) is 0 Å². The molecule has 0 aliphatic rings. The number of hydrogen-bond acceptors (Lipinski definition) is 2. The smallest absolute Gasteiger partial charge is 0.146 e. The van der Waals surface area contributed by atoms with Crippen LogP contribution in [0.1, 0.15) is 29.7 Å². The SMILES string of the molecule is Cc1ccc(F)c(NC(C)c2cccc(C#N)c2)c1. The van der Waals surface area contributed by atoms with E-state index >= 15 is 0 Å². The van der Waals surface area contributed by atoms with Gasteiger partial charge in [0.15, 0.2) is 0 Å². The molecule has 0 saturated heterocycles. The summed E-state index contributed by atoms with van der Waals surface area (Å²) in [6, 6.07) is 14.3. The zero-order valence-electron chi connectivity index (χ0n) is 10.9. The Hall–Kier alpha value is -2.34. The number of rotatable bonds is 3. The maximum absolute atomic E-state index is 13.7. The molecule has 0 saturated carbocycles. The molecule has 0 spiro atoms. The lowest BCUT2D eigenvalue weighted by atomic mass is 10.1. The van der Waals surface area contributed by atoms with Crippen LogP contribution in [-0.4, -0.2) is 0 Å². The quantitative estimate of drug-likeness (QED) is 0.891. The van der Waals surface area contributed by atoms with Crippen LogP contribution >= 0.6 is 0 Å². The number of halogens is 1. The molecule has 96 valence electrons. The second-order valence-corrected chi connectivity index (χ2v) is 4.59. The monoisotopic (exact) mass is 254 g/mol. The van der Waals surface area contributed by atoms with E-state index in [9.17, 15) is 4.39 Å². The molecule has 0 aliphatic carbocycles. The van der Waals surface area contributed by atoms with Gasteiger partial charge in [0.2, 0.25) is 0 Å². The topological polar surface area (TPSA) is 35.8 Å². The predicted octanol–water partition coefficient (Wildman–Crippen LogP) is 4.18. The fourth-order valence-electron chi connectivity index (χ4n) is 1.94. The Bertz CT molecular complexity index is 629. The molecule has 0 fully saturated rings. The highest BCUT2D eigenvalue weighted by molar-refractivity contribution is 5.49. The van der Waals surface area contributed by atoms with Gasteiger partial charge in [-0.1, -0.05) is 18.2 Å². The van der Waals surface area contributed by atoms with Gasteiger partial charge in [-0.05, 0) is 49.2 Å². The van der Waals surface area contributed by atoms with Crippen LogP contribution in [0.4, 0.5) is 10.1 Å². The van der Waals surface area contributed by atoms with Crippen molar-refractivity contribution in [3.05, 3.63) is 65.0 Å². The Morgan fingerprint density at radius 1 is 1.21 bits per heavy atom. The van der Waals surface area contributed by atoms with Gasteiger partial charge >= 0.3 is 0 Å². The fourth-order valence-corrected chi connectivity index (χ4v) is 1.94. The van der Waals surface area contributed by atoms with Gasteiger partial charge in [0.25, 0.3) is 0 Å². The van der Waals surface area contributed by atoms with Crippen molar-refractivity contribution in [2.75, 3.05) is 5.32 Å². The van der Waals surface area contributed by atoms with Crippen molar-refractivity contribution in [1.82, 2.24) is 0 Å². The Morgan fingerprint density at radius 2 is 2.00 bits per heavy atom. The number of anilines is 1. The predicted molar refractivity (Wildman–Crippen MR) is 74.3 cm³/mol. The Labute approximate surface area is 112 Å². The summed E-state index contributed by atoms with van der Waals surface area (Å²) in [5.74, 6) is -0.270. The van der Waals surface area contributed by atoms with E-state index in [1.807, 2.05) is 32.0 Å². The summed E-state index contributed by atoms with van der Waals surface area (Å²) in [7, 11) is 0. The van der Waals surface area contributed by atoms with E-state index in [1.54, 1.807) is 18.2 Å². The Morgan fingerprint density at radius 3 is 2.74 bits per heavy atom. The third-order valence-corrected chi connectivity index (χ3v) is 3.01. The van der Waals surface area contributed by atoms with Crippen molar-refractivity contribution in [2.45, 2.75) is 19.9 Å². The molecule has 19 heavy (non-hydrogen) atoms. The third-order valence-electron chi connectivity index (χ3n) is 3.01. The molecule has 1 unspecified atom stereocenters. The van der Waals surface area contributed by atoms with Gasteiger partial charge in [-0.15, -0.1) is 0 Å². The standard InChI is InChI=1S/C16H15FN2/c1-11-6-7-15(17)16(8-11)19-12(2)14-5-3-4-13(9-14)10-18/h3-9,12,19H,1-2H3. The molecule has 2 nitrogen and oxygen atoms in total. The van der Waals surface area contributed by atoms with Crippen molar-refractivity contribution in [1.29, 1.82) is 5.26 Å². The lowest BCUT2D eigenvalue weighted by Gasteiger charge is -2.17. The lowest BCUT2D eigenvalue weighted by Crippen LogP contribution is -2.08. The lowest BCUT2D eigenvalue weighted by molar-refractivity contribution is 0.627.